The summed E-state index contributed by atoms with van der Waals surface area (Å²) in [5.74, 6) is -0.654. The van der Waals surface area contributed by atoms with Crippen molar-refractivity contribution in [1.29, 1.82) is 0 Å². The number of urea groups is 1. The Morgan fingerprint density at radius 3 is 2.04 bits per heavy atom. The average molecular weight is 365 g/mol. The highest BCUT2D eigenvalue weighted by atomic mass is 16.2. The van der Waals surface area contributed by atoms with Crippen LogP contribution in [0.1, 0.15) is 49.2 Å². The van der Waals surface area contributed by atoms with E-state index in [1.807, 2.05) is 24.3 Å². The highest BCUT2D eigenvalue weighted by Crippen LogP contribution is 2.26. The van der Waals surface area contributed by atoms with E-state index in [9.17, 15) is 14.4 Å². The Bertz CT molecular complexity index is 896. The van der Waals surface area contributed by atoms with Crippen molar-refractivity contribution in [1.82, 2.24) is 10.6 Å². The highest BCUT2D eigenvalue weighted by Gasteiger charge is 2.43. The first-order valence-corrected chi connectivity index (χ1v) is 8.76. The molecule has 0 spiro atoms. The summed E-state index contributed by atoms with van der Waals surface area (Å²) in [5, 5.41) is 7.69. The summed E-state index contributed by atoms with van der Waals surface area (Å²) in [6.45, 7) is 8.03. The molecule has 27 heavy (non-hydrogen) atoms. The van der Waals surface area contributed by atoms with Crippen LogP contribution in [0.2, 0.25) is 0 Å². The summed E-state index contributed by atoms with van der Waals surface area (Å²) in [5.41, 5.74) is 1.90. The van der Waals surface area contributed by atoms with Gasteiger partial charge in [-0.3, -0.25) is 14.9 Å². The fraction of sp³-hybridized carbons (Fsp3) is 0.286. The lowest BCUT2D eigenvalue weighted by molar-refractivity contribution is -0.123. The molecule has 140 valence electrons. The molecule has 1 aliphatic rings. The predicted octanol–water partition coefficient (Wildman–Crippen LogP) is 3.29. The van der Waals surface area contributed by atoms with Crippen molar-refractivity contribution >= 4 is 23.5 Å². The summed E-state index contributed by atoms with van der Waals surface area (Å²) in [7, 11) is 0. The van der Waals surface area contributed by atoms with Gasteiger partial charge in [-0.25, -0.2) is 4.79 Å². The summed E-state index contributed by atoms with van der Waals surface area (Å²) in [4.78, 5) is 35.9. The van der Waals surface area contributed by atoms with Crippen LogP contribution in [0.3, 0.4) is 0 Å². The van der Waals surface area contributed by atoms with Crippen molar-refractivity contribution in [3.8, 4) is 0 Å². The molecule has 0 unspecified atom stereocenters. The van der Waals surface area contributed by atoms with Crippen LogP contribution in [0.15, 0.2) is 48.5 Å². The highest BCUT2D eigenvalue weighted by molar-refractivity contribution is 6.07. The lowest BCUT2D eigenvalue weighted by atomic mass is 9.87. The number of hydrogen-bond acceptors (Lipinski definition) is 3. The number of hydrogen-bond donors (Lipinski definition) is 3. The average Bonchev–Trinajstić information content (AvgIpc) is 2.87. The normalized spacial score (nSPS) is 19.4. The maximum Gasteiger partial charge on any atom is 0.322 e. The molecule has 1 atom stereocenters. The predicted molar refractivity (Wildman–Crippen MR) is 104 cm³/mol. The number of carbonyl (C=O) groups is 3. The van der Waals surface area contributed by atoms with Crippen molar-refractivity contribution in [3.05, 3.63) is 65.2 Å². The van der Waals surface area contributed by atoms with Gasteiger partial charge < -0.3 is 10.6 Å². The number of imide groups is 1. The van der Waals surface area contributed by atoms with E-state index in [2.05, 4.69) is 36.7 Å². The second-order valence-corrected chi connectivity index (χ2v) is 7.89. The van der Waals surface area contributed by atoms with E-state index in [1.165, 1.54) is 5.56 Å². The van der Waals surface area contributed by atoms with Gasteiger partial charge in [0.2, 0.25) is 0 Å². The van der Waals surface area contributed by atoms with Gasteiger partial charge in [0.15, 0.2) is 0 Å². The topological polar surface area (TPSA) is 87.3 Å². The van der Waals surface area contributed by atoms with Gasteiger partial charge in [-0.05, 0) is 47.7 Å². The molecule has 0 bridgehead atoms. The minimum atomic E-state index is -1.13. The van der Waals surface area contributed by atoms with E-state index >= 15 is 0 Å². The molecule has 0 aliphatic carbocycles. The Kier molecular flexibility index (Phi) is 4.51. The van der Waals surface area contributed by atoms with E-state index in [4.69, 9.17) is 0 Å². The van der Waals surface area contributed by atoms with E-state index in [1.54, 1.807) is 31.2 Å². The number of amides is 4. The molecule has 1 saturated heterocycles. The minimum Gasteiger partial charge on any atom is -0.322 e. The molecule has 1 aliphatic heterocycles. The number of carbonyl (C=O) groups excluding carboxylic acids is 3. The van der Waals surface area contributed by atoms with Gasteiger partial charge in [0, 0.05) is 11.3 Å². The number of anilines is 1. The first kappa shape index (κ1) is 18.6. The van der Waals surface area contributed by atoms with Gasteiger partial charge in [0.1, 0.15) is 5.54 Å². The second kappa shape index (κ2) is 6.54. The van der Waals surface area contributed by atoms with E-state index < -0.39 is 17.5 Å². The van der Waals surface area contributed by atoms with Crippen molar-refractivity contribution in [2.24, 2.45) is 0 Å². The quantitative estimate of drug-likeness (QED) is 0.730. The summed E-state index contributed by atoms with van der Waals surface area (Å²) >= 11 is 0. The molecule has 2 aromatic carbocycles. The molecule has 1 fully saturated rings. The molecule has 3 N–H and O–H groups in total. The summed E-state index contributed by atoms with van der Waals surface area (Å²) in [6.07, 6.45) is 0. The van der Waals surface area contributed by atoms with Crippen molar-refractivity contribution < 1.29 is 14.4 Å². The van der Waals surface area contributed by atoms with E-state index in [-0.39, 0.29) is 11.3 Å². The zero-order valence-corrected chi connectivity index (χ0v) is 15.8. The number of benzene rings is 2. The van der Waals surface area contributed by atoms with Gasteiger partial charge in [-0.15, -0.1) is 0 Å². The number of nitrogens with one attached hydrogen (secondary N) is 3. The third-order valence-electron chi connectivity index (χ3n) is 4.78. The Morgan fingerprint density at radius 1 is 0.963 bits per heavy atom. The SMILES string of the molecule is CC(C)(C)c1ccc(NC(=O)c2ccc([C@@]3(C)NC(=O)NC3=O)cc2)cc1. The van der Waals surface area contributed by atoms with Crippen molar-refractivity contribution in [2.75, 3.05) is 5.32 Å². The lowest BCUT2D eigenvalue weighted by Gasteiger charge is -2.21. The molecule has 2 aromatic rings. The van der Waals surface area contributed by atoms with Crippen LogP contribution < -0.4 is 16.0 Å². The summed E-state index contributed by atoms with van der Waals surface area (Å²) < 4.78 is 0. The number of rotatable bonds is 3. The molecule has 4 amide bonds. The zero-order valence-electron chi connectivity index (χ0n) is 15.8. The molecule has 3 rings (SSSR count). The molecule has 0 saturated carbocycles. The largest absolute Gasteiger partial charge is 0.322 e. The summed E-state index contributed by atoms with van der Waals surface area (Å²) in [6, 6.07) is 13.9. The monoisotopic (exact) mass is 365 g/mol. The first-order valence-electron chi connectivity index (χ1n) is 8.76. The fourth-order valence-electron chi connectivity index (χ4n) is 2.96. The van der Waals surface area contributed by atoms with Crippen LogP contribution in [0, 0.1) is 0 Å². The van der Waals surface area contributed by atoms with Gasteiger partial charge in [0.25, 0.3) is 11.8 Å². The van der Waals surface area contributed by atoms with Crippen molar-refractivity contribution in [3.63, 3.8) is 0 Å². The van der Waals surface area contributed by atoms with Gasteiger partial charge >= 0.3 is 6.03 Å². The fourth-order valence-corrected chi connectivity index (χ4v) is 2.96. The van der Waals surface area contributed by atoms with E-state index in [0.717, 1.165) is 0 Å². The molecule has 0 aromatic heterocycles. The second-order valence-electron chi connectivity index (χ2n) is 7.89. The maximum atomic E-state index is 12.5. The third-order valence-corrected chi connectivity index (χ3v) is 4.78. The molecule has 6 heteroatoms. The van der Waals surface area contributed by atoms with Crippen LogP contribution in [-0.2, 0) is 15.7 Å². The lowest BCUT2D eigenvalue weighted by Crippen LogP contribution is -2.40. The van der Waals surface area contributed by atoms with Crippen LogP contribution in [-0.4, -0.2) is 17.8 Å². The third kappa shape index (κ3) is 3.69. The Hall–Kier alpha value is -3.15. The standard InChI is InChI=1S/C21H23N3O3/c1-20(2,3)14-9-11-16(12-10-14)22-17(25)13-5-7-15(8-6-13)21(4)18(26)23-19(27)24-21/h5-12H,1-4H3,(H,22,25)(H2,23,24,26,27)/t21-/m1/s1. The van der Waals surface area contributed by atoms with Crippen LogP contribution in [0.25, 0.3) is 0 Å². The van der Waals surface area contributed by atoms with Crippen LogP contribution >= 0.6 is 0 Å². The maximum absolute atomic E-state index is 12.5. The Labute approximate surface area is 158 Å². The van der Waals surface area contributed by atoms with E-state index in [0.29, 0.717) is 16.8 Å². The Morgan fingerprint density at radius 2 is 1.56 bits per heavy atom. The first-order chi connectivity index (χ1) is 12.6. The molecular formula is C21H23N3O3. The smallest absolute Gasteiger partial charge is 0.322 e. The van der Waals surface area contributed by atoms with Gasteiger partial charge in [-0.1, -0.05) is 45.0 Å². The Balaban J connectivity index is 1.73. The molecule has 6 nitrogen and oxygen atoms in total. The van der Waals surface area contributed by atoms with Crippen LogP contribution in [0.4, 0.5) is 10.5 Å². The molecule has 1 heterocycles. The molecule has 0 radical (unpaired) electrons. The van der Waals surface area contributed by atoms with Gasteiger partial charge in [-0.2, -0.15) is 0 Å². The molecular weight excluding hydrogens is 342 g/mol. The van der Waals surface area contributed by atoms with Crippen molar-refractivity contribution in [2.45, 2.75) is 38.6 Å². The van der Waals surface area contributed by atoms with Gasteiger partial charge in [0.05, 0.1) is 0 Å². The zero-order chi connectivity index (χ0) is 19.8. The van der Waals surface area contributed by atoms with Crippen LogP contribution in [0.5, 0.6) is 0 Å². The minimum absolute atomic E-state index is 0.0520.